The third-order valence-electron chi connectivity index (χ3n) is 3.87. The van der Waals surface area contributed by atoms with E-state index in [-0.39, 0.29) is 29.4 Å². The van der Waals surface area contributed by atoms with E-state index in [0.717, 1.165) is 18.4 Å². The maximum Gasteiger partial charge on any atom is 0.416 e. The quantitative estimate of drug-likeness (QED) is 0.355. The summed E-state index contributed by atoms with van der Waals surface area (Å²) >= 11 is 0. The number of alkyl halides is 3. The van der Waals surface area contributed by atoms with Gasteiger partial charge in [-0.05, 0) is 24.3 Å². The molecule has 162 valence electrons. The van der Waals surface area contributed by atoms with Gasteiger partial charge in [0.2, 0.25) is 0 Å². The van der Waals surface area contributed by atoms with Gasteiger partial charge in [0.05, 0.1) is 20.3 Å². The zero-order valence-corrected chi connectivity index (χ0v) is 16.1. The molecule has 0 saturated carbocycles. The lowest BCUT2D eigenvalue weighted by Crippen LogP contribution is -2.16. The molecule has 2 aromatic carbocycles. The highest BCUT2D eigenvalue weighted by molar-refractivity contribution is 7.90. The van der Waals surface area contributed by atoms with Gasteiger partial charge in [-0.2, -0.15) is 13.2 Å². The fourth-order valence-electron chi connectivity index (χ4n) is 2.45. The molecule has 0 aromatic heterocycles. The second-order valence-electron chi connectivity index (χ2n) is 6.05. The van der Waals surface area contributed by atoms with Crippen molar-refractivity contribution >= 4 is 32.6 Å². The van der Waals surface area contributed by atoms with E-state index in [0.29, 0.717) is 12.1 Å². The average molecular weight is 448 g/mol. The Morgan fingerprint density at radius 1 is 0.900 bits per heavy atom. The normalized spacial score (nSPS) is 11.7. The molecule has 14 heteroatoms. The number of anilines is 2. The number of nitrogens with zero attached hydrogens (tertiary/aromatic N) is 2. The largest absolute Gasteiger partial charge is 0.416 e. The summed E-state index contributed by atoms with van der Waals surface area (Å²) in [5.41, 5.74) is -2.57. The lowest BCUT2D eigenvalue weighted by molar-refractivity contribution is -0.384. The van der Waals surface area contributed by atoms with Gasteiger partial charge in [-0.15, -0.1) is 0 Å². The summed E-state index contributed by atoms with van der Waals surface area (Å²) in [7, 11) is -3.65. The van der Waals surface area contributed by atoms with Gasteiger partial charge in [-0.25, -0.2) is 8.42 Å². The minimum absolute atomic E-state index is 0.00274. The van der Waals surface area contributed by atoms with E-state index >= 15 is 0 Å². The number of nitro benzene ring substituents is 2. The molecule has 0 saturated heterocycles. The van der Waals surface area contributed by atoms with Crippen molar-refractivity contribution in [3.8, 4) is 0 Å². The van der Waals surface area contributed by atoms with Crippen molar-refractivity contribution in [2.75, 3.05) is 30.0 Å². The van der Waals surface area contributed by atoms with E-state index < -0.39 is 42.8 Å². The summed E-state index contributed by atoms with van der Waals surface area (Å²) in [6.07, 6.45) is -3.83. The van der Waals surface area contributed by atoms with Gasteiger partial charge >= 0.3 is 6.18 Å². The van der Waals surface area contributed by atoms with Gasteiger partial charge in [0.25, 0.3) is 11.4 Å². The van der Waals surface area contributed by atoms with Gasteiger partial charge in [-0.1, -0.05) is 0 Å². The molecule has 10 nitrogen and oxygen atoms in total. The molecule has 2 rings (SSSR count). The summed E-state index contributed by atoms with van der Waals surface area (Å²) in [6, 6.07) is 5.30. The van der Waals surface area contributed by atoms with Crippen LogP contribution in [0.15, 0.2) is 41.3 Å². The van der Waals surface area contributed by atoms with Crippen LogP contribution in [0, 0.1) is 20.2 Å². The predicted molar refractivity (Wildman–Crippen MR) is 101 cm³/mol. The minimum atomic E-state index is -4.73. The SMILES string of the molecule is CS(=O)(=O)c1ccc(NCCNc2ccc(C(F)(F)F)cc2[N+](=O)[O-])c([N+](=O)[O-])c1. The molecule has 0 radical (unpaired) electrons. The monoisotopic (exact) mass is 448 g/mol. The summed E-state index contributed by atoms with van der Waals surface area (Å²) < 4.78 is 61.2. The van der Waals surface area contributed by atoms with Gasteiger partial charge in [-0.3, -0.25) is 20.2 Å². The molecule has 30 heavy (non-hydrogen) atoms. The summed E-state index contributed by atoms with van der Waals surface area (Å²) in [6.45, 7) is -0.0333. The standard InChI is InChI=1S/C16H15F3N4O6S/c1-30(28,29)11-3-5-13(15(9-11)23(26)27)21-7-6-20-12-4-2-10(16(17,18)19)8-14(12)22(24)25/h2-5,8-9,20-21H,6-7H2,1H3. The second-order valence-corrected chi connectivity index (χ2v) is 8.06. The van der Waals surface area contributed by atoms with Crippen molar-refractivity contribution in [2.24, 2.45) is 0 Å². The van der Waals surface area contributed by atoms with Gasteiger partial charge < -0.3 is 10.6 Å². The molecule has 0 amide bonds. The number of nitro groups is 2. The fourth-order valence-corrected chi connectivity index (χ4v) is 3.09. The first-order chi connectivity index (χ1) is 13.8. The number of nitrogens with one attached hydrogen (secondary N) is 2. The Kier molecular flexibility index (Phi) is 6.50. The number of benzene rings is 2. The Morgan fingerprint density at radius 2 is 1.37 bits per heavy atom. The van der Waals surface area contributed by atoms with E-state index in [1.54, 1.807) is 0 Å². The predicted octanol–water partition coefficient (Wildman–Crippen LogP) is 3.45. The van der Waals surface area contributed by atoms with Gasteiger partial charge in [0.1, 0.15) is 11.4 Å². The highest BCUT2D eigenvalue weighted by Crippen LogP contribution is 2.35. The van der Waals surface area contributed by atoms with Gasteiger partial charge in [0, 0.05) is 31.5 Å². The summed E-state index contributed by atoms with van der Waals surface area (Å²) in [5, 5.41) is 27.5. The molecular weight excluding hydrogens is 433 g/mol. The Labute approximate surface area is 167 Å². The lowest BCUT2D eigenvalue weighted by Gasteiger charge is -2.12. The summed E-state index contributed by atoms with van der Waals surface area (Å²) in [5.74, 6) is 0. The maximum absolute atomic E-state index is 12.7. The molecule has 0 aliphatic carbocycles. The van der Waals surface area contributed by atoms with Crippen molar-refractivity contribution in [1.82, 2.24) is 0 Å². The molecule has 0 spiro atoms. The van der Waals surface area contributed by atoms with E-state index in [1.807, 2.05) is 0 Å². The van der Waals surface area contributed by atoms with E-state index in [2.05, 4.69) is 10.6 Å². The number of rotatable bonds is 8. The van der Waals surface area contributed by atoms with Crippen LogP contribution in [0.3, 0.4) is 0 Å². The molecule has 0 unspecified atom stereocenters. The third kappa shape index (κ3) is 5.56. The fraction of sp³-hybridized carbons (Fsp3) is 0.250. The Balaban J connectivity index is 2.12. The van der Waals surface area contributed by atoms with Crippen molar-refractivity contribution in [3.63, 3.8) is 0 Å². The zero-order chi connectivity index (χ0) is 22.7. The maximum atomic E-state index is 12.7. The molecule has 0 fully saturated rings. The molecule has 2 aromatic rings. The Bertz CT molecular complexity index is 1090. The van der Waals surface area contributed by atoms with Crippen LogP contribution in [0.4, 0.5) is 35.9 Å². The molecule has 0 aliphatic rings. The van der Waals surface area contributed by atoms with Crippen LogP contribution < -0.4 is 10.6 Å². The number of hydrogen-bond acceptors (Lipinski definition) is 8. The van der Waals surface area contributed by atoms with Crippen LogP contribution in [0.5, 0.6) is 0 Å². The Hall–Kier alpha value is -3.42. The lowest BCUT2D eigenvalue weighted by atomic mass is 10.1. The van der Waals surface area contributed by atoms with Crippen molar-refractivity contribution < 1.29 is 31.4 Å². The first kappa shape index (κ1) is 22.9. The van der Waals surface area contributed by atoms with Crippen LogP contribution in [-0.4, -0.2) is 37.6 Å². The van der Waals surface area contributed by atoms with Crippen LogP contribution in [0.2, 0.25) is 0 Å². The summed E-state index contributed by atoms with van der Waals surface area (Å²) in [4.78, 5) is 20.3. The van der Waals surface area contributed by atoms with Crippen molar-refractivity contribution in [1.29, 1.82) is 0 Å². The Morgan fingerprint density at radius 3 is 1.80 bits per heavy atom. The molecule has 2 N–H and O–H groups in total. The van der Waals surface area contributed by atoms with Gasteiger partial charge in [0.15, 0.2) is 9.84 Å². The molecule has 0 aliphatic heterocycles. The van der Waals surface area contributed by atoms with Crippen LogP contribution in [-0.2, 0) is 16.0 Å². The number of halogens is 3. The number of hydrogen-bond donors (Lipinski definition) is 2. The molecule has 0 heterocycles. The van der Waals surface area contributed by atoms with Crippen LogP contribution >= 0.6 is 0 Å². The van der Waals surface area contributed by atoms with E-state index in [1.165, 1.54) is 12.1 Å². The highest BCUT2D eigenvalue weighted by atomic mass is 32.2. The van der Waals surface area contributed by atoms with E-state index in [9.17, 15) is 41.8 Å². The molecule has 0 bridgehead atoms. The van der Waals surface area contributed by atoms with Crippen LogP contribution in [0.1, 0.15) is 5.56 Å². The highest BCUT2D eigenvalue weighted by Gasteiger charge is 2.33. The van der Waals surface area contributed by atoms with Crippen molar-refractivity contribution in [2.45, 2.75) is 11.1 Å². The third-order valence-corrected chi connectivity index (χ3v) is 4.98. The average Bonchev–Trinajstić information content (AvgIpc) is 2.63. The molecular formula is C16H15F3N4O6S. The van der Waals surface area contributed by atoms with Crippen molar-refractivity contribution in [3.05, 3.63) is 62.2 Å². The minimum Gasteiger partial charge on any atom is -0.378 e. The first-order valence-electron chi connectivity index (χ1n) is 8.12. The topological polar surface area (TPSA) is 144 Å². The molecule has 0 atom stereocenters. The van der Waals surface area contributed by atoms with E-state index in [4.69, 9.17) is 0 Å². The second kappa shape index (κ2) is 8.52. The zero-order valence-electron chi connectivity index (χ0n) is 15.3. The smallest absolute Gasteiger partial charge is 0.378 e. The number of sulfone groups is 1. The van der Waals surface area contributed by atoms with Crippen LogP contribution in [0.25, 0.3) is 0 Å². The first-order valence-corrected chi connectivity index (χ1v) is 10.0.